The maximum absolute atomic E-state index is 12.1. The van der Waals surface area contributed by atoms with Crippen molar-refractivity contribution in [3.05, 3.63) is 23.8 Å². The molecule has 0 spiro atoms. The summed E-state index contributed by atoms with van der Waals surface area (Å²) in [5, 5.41) is 22.3. The summed E-state index contributed by atoms with van der Waals surface area (Å²) in [7, 11) is 0. The van der Waals surface area contributed by atoms with Gasteiger partial charge in [-0.3, -0.25) is 4.79 Å². The van der Waals surface area contributed by atoms with Gasteiger partial charge in [0.2, 0.25) is 5.91 Å². The number of nitrogens with one attached hydrogen (secondary N) is 1. The molecule has 2 unspecified atom stereocenters. The summed E-state index contributed by atoms with van der Waals surface area (Å²) in [5.41, 5.74) is 6.64. The summed E-state index contributed by atoms with van der Waals surface area (Å²) in [6.07, 6.45) is 5.56. The number of phenolic OH excluding ortho intramolecular Hbond substituents is 2. The lowest BCUT2D eigenvalue weighted by Gasteiger charge is -2.17. The molecule has 5 nitrogen and oxygen atoms in total. The van der Waals surface area contributed by atoms with Crippen LogP contribution in [0.3, 0.4) is 0 Å². The van der Waals surface area contributed by atoms with Gasteiger partial charge in [0.25, 0.3) is 0 Å². The van der Waals surface area contributed by atoms with Crippen LogP contribution in [0.4, 0.5) is 0 Å². The number of thioether (sulfide) groups is 1. The Kier molecular flexibility index (Phi) is 5.36. The fraction of sp³-hybridized carbons (Fsp3) is 0.533. The van der Waals surface area contributed by atoms with Crippen LogP contribution < -0.4 is 11.1 Å². The molecule has 1 aliphatic rings. The Hall–Kier alpha value is -1.40. The zero-order valence-electron chi connectivity index (χ0n) is 12.1. The first-order valence-corrected chi connectivity index (χ1v) is 8.38. The molecule has 1 fully saturated rings. The van der Waals surface area contributed by atoms with E-state index in [1.165, 1.54) is 12.1 Å². The van der Waals surface area contributed by atoms with E-state index in [9.17, 15) is 15.0 Å². The molecular formula is C15H22N2O3S. The average Bonchev–Trinajstić information content (AvgIpc) is 2.90. The standard InChI is InChI=1S/C15H22N2O3S/c1-21-11-4-3-10(8-11)17-15(20)12(16)6-9-2-5-13(18)14(19)7-9/h2,5,7,10-12,18-19H,3-4,6,8,16H2,1H3,(H,17,20)/t10?,11?,12-/m0/s1. The van der Waals surface area contributed by atoms with Gasteiger partial charge in [-0.15, -0.1) is 0 Å². The Labute approximate surface area is 128 Å². The van der Waals surface area contributed by atoms with Crippen molar-refractivity contribution in [3.63, 3.8) is 0 Å². The topological polar surface area (TPSA) is 95.6 Å². The number of amides is 1. The first-order valence-electron chi connectivity index (χ1n) is 7.09. The average molecular weight is 310 g/mol. The Morgan fingerprint density at radius 1 is 1.43 bits per heavy atom. The van der Waals surface area contributed by atoms with Gasteiger partial charge >= 0.3 is 0 Å². The molecule has 1 amide bonds. The highest BCUT2D eigenvalue weighted by molar-refractivity contribution is 7.99. The highest BCUT2D eigenvalue weighted by atomic mass is 32.2. The molecule has 0 radical (unpaired) electrons. The van der Waals surface area contributed by atoms with Crippen LogP contribution in [-0.4, -0.2) is 39.7 Å². The molecular weight excluding hydrogens is 288 g/mol. The Morgan fingerprint density at radius 2 is 2.19 bits per heavy atom. The molecule has 0 bridgehead atoms. The van der Waals surface area contributed by atoms with Crippen molar-refractivity contribution in [2.24, 2.45) is 5.73 Å². The van der Waals surface area contributed by atoms with Gasteiger partial charge in [0, 0.05) is 11.3 Å². The van der Waals surface area contributed by atoms with E-state index in [0.29, 0.717) is 11.7 Å². The summed E-state index contributed by atoms with van der Waals surface area (Å²) in [5.74, 6) is -0.529. The smallest absolute Gasteiger partial charge is 0.237 e. The molecule has 1 aliphatic carbocycles. The number of benzene rings is 1. The number of phenols is 2. The normalized spacial score (nSPS) is 23.0. The number of aromatic hydroxyl groups is 2. The maximum Gasteiger partial charge on any atom is 0.237 e. The molecule has 6 heteroatoms. The zero-order valence-corrected chi connectivity index (χ0v) is 12.9. The predicted molar refractivity (Wildman–Crippen MR) is 84.5 cm³/mol. The summed E-state index contributed by atoms with van der Waals surface area (Å²) in [6, 6.07) is 4.05. The van der Waals surface area contributed by atoms with Crippen LogP contribution in [0, 0.1) is 0 Å². The van der Waals surface area contributed by atoms with Gasteiger partial charge in [0.15, 0.2) is 11.5 Å². The van der Waals surface area contributed by atoms with Crippen molar-refractivity contribution in [2.75, 3.05) is 6.26 Å². The number of hydrogen-bond donors (Lipinski definition) is 4. The van der Waals surface area contributed by atoms with Crippen LogP contribution in [0.1, 0.15) is 24.8 Å². The summed E-state index contributed by atoms with van der Waals surface area (Å²) < 4.78 is 0. The van der Waals surface area contributed by atoms with Gasteiger partial charge < -0.3 is 21.3 Å². The van der Waals surface area contributed by atoms with Crippen molar-refractivity contribution in [2.45, 2.75) is 43.0 Å². The second-order valence-corrected chi connectivity index (χ2v) is 6.65. The number of carbonyl (C=O) groups is 1. The molecule has 1 saturated carbocycles. The lowest BCUT2D eigenvalue weighted by Crippen LogP contribution is -2.45. The molecule has 0 heterocycles. The monoisotopic (exact) mass is 310 g/mol. The minimum atomic E-state index is -0.651. The van der Waals surface area contributed by atoms with E-state index in [1.54, 1.807) is 6.07 Å². The summed E-state index contributed by atoms with van der Waals surface area (Å²) in [4.78, 5) is 12.1. The van der Waals surface area contributed by atoms with Crippen LogP contribution in [0.15, 0.2) is 18.2 Å². The first-order chi connectivity index (χ1) is 9.99. The molecule has 21 heavy (non-hydrogen) atoms. The second-order valence-electron chi connectivity index (χ2n) is 5.51. The van der Waals surface area contributed by atoms with Gasteiger partial charge in [-0.1, -0.05) is 6.07 Å². The molecule has 0 saturated heterocycles. The predicted octanol–water partition coefficient (Wildman–Crippen LogP) is 1.37. The van der Waals surface area contributed by atoms with Gasteiger partial charge in [-0.05, 0) is 49.6 Å². The molecule has 3 atom stereocenters. The number of hydrogen-bond acceptors (Lipinski definition) is 5. The van der Waals surface area contributed by atoms with Crippen LogP contribution in [-0.2, 0) is 11.2 Å². The van der Waals surface area contributed by atoms with E-state index in [2.05, 4.69) is 11.6 Å². The molecule has 0 aromatic heterocycles. The second kappa shape index (κ2) is 7.04. The molecule has 1 aromatic carbocycles. The number of carbonyl (C=O) groups excluding carboxylic acids is 1. The third-order valence-corrected chi connectivity index (χ3v) is 4.99. The van der Waals surface area contributed by atoms with Crippen LogP contribution >= 0.6 is 11.8 Å². The van der Waals surface area contributed by atoms with E-state index in [4.69, 9.17) is 5.73 Å². The third-order valence-electron chi connectivity index (χ3n) is 3.90. The van der Waals surface area contributed by atoms with Gasteiger partial charge in [-0.2, -0.15) is 11.8 Å². The highest BCUT2D eigenvalue weighted by Gasteiger charge is 2.26. The highest BCUT2D eigenvalue weighted by Crippen LogP contribution is 2.28. The fourth-order valence-corrected chi connectivity index (χ4v) is 3.43. The largest absolute Gasteiger partial charge is 0.504 e. The third kappa shape index (κ3) is 4.28. The molecule has 5 N–H and O–H groups in total. The van der Waals surface area contributed by atoms with E-state index in [0.717, 1.165) is 24.8 Å². The lowest BCUT2D eigenvalue weighted by molar-refractivity contribution is -0.123. The van der Waals surface area contributed by atoms with Crippen LogP contribution in [0.5, 0.6) is 11.5 Å². The van der Waals surface area contributed by atoms with Gasteiger partial charge in [0.05, 0.1) is 6.04 Å². The maximum atomic E-state index is 12.1. The van der Waals surface area contributed by atoms with Crippen molar-refractivity contribution in [3.8, 4) is 11.5 Å². The van der Waals surface area contributed by atoms with Crippen LogP contribution in [0.2, 0.25) is 0 Å². The van der Waals surface area contributed by atoms with Crippen molar-refractivity contribution in [1.82, 2.24) is 5.32 Å². The SMILES string of the molecule is CSC1CCC(NC(=O)[C@@H](N)Cc2ccc(O)c(O)c2)C1. The lowest BCUT2D eigenvalue weighted by atomic mass is 10.0. The van der Waals surface area contributed by atoms with E-state index in [-0.39, 0.29) is 23.4 Å². The molecule has 1 aromatic rings. The van der Waals surface area contributed by atoms with Crippen molar-refractivity contribution in [1.29, 1.82) is 0 Å². The van der Waals surface area contributed by atoms with E-state index in [1.807, 2.05) is 11.8 Å². The van der Waals surface area contributed by atoms with Crippen LogP contribution in [0.25, 0.3) is 0 Å². The van der Waals surface area contributed by atoms with E-state index < -0.39 is 6.04 Å². The summed E-state index contributed by atoms with van der Waals surface area (Å²) in [6.45, 7) is 0. The Morgan fingerprint density at radius 3 is 2.81 bits per heavy atom. The Balaban J connectivity index is 1.86. The van der Waals surface area contributed by atoms with Gasteiger partial charge in [-0.25, -0.2) is 0 Å². The fourth-order valence-electron chi connectivity index (χ4n) is 2.64. The Bertz CT molecular complexity index is 510. The van der Waals surface area contributed by atoms with Crippen molar-refractivity contribution >= 4 is 17.7 Å². The summed E-state index contributed by atoms with van der Waals surface area (Å²) >= 11 is 1.84. The minimum absolute atomic E-state index is 0.158. The number of rotatable bonds is 5. The van der Waals surface area contributed by atoms with E-state index >= 15 is 0 Å². The van der Waals surface area contributed by atoms with Crippen molar-refractivity contribution < 1.29 is 15.0 Å². The molecule has 2 rings (SSSR count). The quantitative estimate of drug-likeness (QED) is 0.616. The molecule has 116 valence electrons. The first kappa shape index (κ1) is 16.0. The minimum Gasteiger partial charge on any atom is -0.504 e. The number of nitrogens with two attached hydrogens (primary N) is 1. The van der Waals surface area contributed by atoms with Gasteiger partial charge in [0.1, 0.15) is 0 Å². The zero-order chi connectivity index (χ0) is 15.4. The molecule has 0 aliphatic heterocycles.